The first-order chi connectivity index (χ1) is 10.1. The maximum atomic E-state index is 12.3. The molecule has 0 spiro atoms. The third kappa shape index (κ3) is 4.16. The summed E-state index contributed by atoms with van der Waals surface area (Å²) in [5.74, 6) is -0.220. The number of benzene rings is 1. The first kappa shape index (κ1) is 15.7. The van der Waals surface area contributed by atoms with Crippen LogP contribution < -0.4 is 5.32 Å². The molecule has 1 heterocycles. The molecule has 0 aliphatic rings. The van der Waals surface area contributed by atoms with E-state index in [9.17, 15) is 4.79 Å². The molecule has 0 aliphatic heterocycles. The van der Waals surface area contributed by atoms with Crippen molar-refractivity contribution in [3.05, 3.63) is 57.3 Å². The van der Waals surface area contributed by atoms with Gasteiger partial charge in [-0.25, -0.2) is 4.79 Å². The standard InChI is InChI=1S/C17H21NO2S/c1-4-20-17(19)16(18-11-14-6-5-9-21-14)15-10-12(2)7-8-13(15)3/h5-10,16,18H,4,11H2,1-3H3. The van der Waals surface area contributed by atoms with Crippen LogP contribution in [-0.4, -0.2) is 12.6 Å². The van der Waals surface area contributed by atoms with Gasteiger partial charge in [-0.1, -0.05) is 29.8 Å². The SMILES string of the molecule is CCOC(=O)C(NCc1cccs1)c1cc(C)ccc1C. The number of nitrogens with one attached hydrogen (secondary N) is 1. The predicted octanol–water partition coefficient (Wildman–Crippen LogP) is 3.76. The highest BCUT2D eigenvalue weighted by Crippen LogP contribution is 2.22. The highest BCUT2D eigenvalue weighted by molar-refractivity contribution is 7.09. The van der Waals surface area contributed by atoms with Gasteiger partial charge in [0.05, 0.1) is 6.61 Å². The minimum atomic E-state index is -0.424. The molecule has 0 aliphatic carbocycles. The van der Waals surface area contributed by atoms with E-state index >= 15 is 0 Å². The van der Waals surface area contributed by atoms with Crippen LogP contribution >= 0.6 is 11.3 Å². The van der Waals surface area contributed by atoms with Crippen LogP contribution in [0.5, 0.6) is 0 Å². The minimum Gasteiger partial charge on any atom is -0.465 e. The van der Waals surface area contributed by atoms with E-state index in [2.05, 4.69) is 23.5 Å². The molecule has 3 nitrogen and oxygen atoms in total. The second-order valence-corrected chi connectivity index (χ2v) is 6.04. The summed E-state index contributed by atoms with van der Waals surface area (Å²) in [6.07, 6.45) is 0. The van der Waals surface area contributed by atoms with Gasteiger partial charge in [0.2, 0.25) is 0 Å². The van der Waals surface area contributed by atoms with Gasteiger partial charge < -0.3 is 4.74 Å². The molecule has 112 valence electrons. The quantitative estimate of drug-likeness (QED) is 0.826. The fraction of sp³-hybridized carbons (Fsp3) is 0.353. The maximum absolute atomic E-state index is 12.3. The third-order valence-electron chi connectivity index (χ3n) is 3.33. The van der Waals surface area contributed by atoms with Gasteiger partial charge in [0.15, 0.2) is 0 Å². The summed E-state index contributed by atoms with van der Waals surface area (Å²) in [4.78, 5) is 13.5. The Hall–Kier alpha value is -1.65. The summed E-state index contributed by atoms with van der Waals surface area (Å²) < 4.78 is 5.23. The zero-order valence-electron chi connectivity index (χ0n) is 12.7. The topological polar surface area (TPSA) is 38.3 Å². The van der Waals surface area contributed by atoms with Gasteiger partial charge in [-0.2, -0.15) is 0 Å². The van der Waals surface area contributed by atoms with Crippen LogP contribution in [-0.2, 0) is 16.1 Å². The Morgan fingerprint density at radius 2 is 2.14 bits per heavy atom. The Kier molecular flexibility index (Phi) is 5.53. The molecule has 1 atom stereocenters. The number of hydrogen-bond acceptors (Lipinski definition) is 4. The molecule has 21 heavy (non-hydrogen) atoms. The molecule has 0 saturated carbocycles. The Morgan fingerprint density at radius 3 is 2.81 bits per heavy atom. The van der Waals surface area contributed by atoms with E-state index in [1.54, 1.807) is 11.3 Å². The van der Waals surface area contributed by atoms with Crippen molar-refractivity contribution < 1.29 is 9.53 Å². The van der Waals surface area contributed by atoms with Crippen LogP contribution in [0.3, 0.4) is 0 Å². The van der Waals surface area contributed by atoms with E-state index in [0.29, 0.717) is 13.2 Å². The van der Waals surface area contributed by atoms with E-state index in [1.807, 2.05) is 38.3 Å². The van der Waals surface area contributed by atoms with Crippen molar-refractivity contribution in [3.8, 4) is 0 Å². The van der Waals surface area contributed by atoms with Crippen molar-refractivity contribution >= 4 is 17.3 Å². The molecule has 1 aromatic heterocycles. The van der Waals surface area contributed by atoms with Crippen molar-refractivity contribution in [1.82, 2.24) is 5.32 Å². The van der Waals surface area contributed by atoms with Gasteiger partial charge in [-0.05, 0) is 43.3 Å². The summed E-state index contributed by atoms with van der Waals surface area (Å²) in [6, 6.07) is 9.80. The molecule has 0 bridgehead atoms. The van der Waals surface area contributed by atoms with Crippen LogP contribution in [0.2, 0.25) is 0 Å². The number of esters is 1. The molecular formula is C17H21NO2S. The van der Waals surface area contributed by atoms with Crippen LogP contribution in [0.25, 0.3) is 0 Å². The van der Waals surface area contributed by atoms with Gasteiger partial charge in [0.25, 0.3) is 0 Å². The number of carbonyl (C=O) groups is 1. The van der Waals surface area contributed by atoms with Gasteiger partial charge >= 0.3 is 5.97 Å². The van der Waals surface area contributed by atoms with Crippen LogP contribution in [0.1, 0.15) is 34.5 Å². The summed E-state index contributed by atoms with van der Waals surface area (Å²) >= 11 is 1.68. The molecule has 4 heteroatoms. The monoisotopic (exact) mass is 303 g/mol. The molecular weight excluding hydrogens is 282 g/mol. The number of rotatable bonds is 6. The highest BCUT2D eigenvalue weighted by Gasteiger charge is 2.23. The summed E-state index contributed by atoms with van der Waals surface area (Å²) in [6.45, 7) is 6.94. The van der Waals surface area contributed by atoms with Gasteiger partial charge in [-0.3, -0.25) is 5.32 Å². The molecule has 0 radical (unpaired) electrons. The Morgan fingerprint density at radius 1 is 1.33 bits per heavy atom. The molecule has 1 N–H and O–H groups in total. The van der Waals surface area contributed by atoms with Gasteiger partial charge in [-0.15, -0.1) is 11.3 Å². The van der Waals surface area contributed by atoms with Crippen LogP contribution in [0.15, 0.2) is 35.7 Å². The molecule has 0 fully saturated rings. The van der Waals surface area contributed by atoms with Crippen molar-refractivity contribution in [1.29, 1.82) is 0 Å². The zero-order chi connectivity index (χ0) is 15.2. The molecule has 2 aromatic rings. The van der Waals surface area contributed by atoms with Crippen molar-refractivity contribution in [2.75, 3.05) is 6.61 Å². The lowest BCUT2D eigenvalue weighted by Gasteiger charge is -2.19. The first-order valence-corrected chi connectivity index (χ1v) is 7.99. The minimum absolute atomic E-state index is 0.220. The van der Waals surface area contributed by atoms with Crippen molar-refractivity contribution in [2.45, 2.75) is 33.4 Å². The Bertz CT molecular complexity index is 593. The number of carbonyl (C=O) groups excluding carboxylic acids is 1. The summed E-state index contributed by atoms with van der Waals surface area (Å²) in [7, 11) is 0. The molecule has 1 unspecified atom stereocenters. The average Bonchev–Trinajstić information content (AvgIpc) is 2.96. The number of hydrogen-bond donors (Lipinski definition) is 1. The lowest BCUT2D eigenvalue weighted by molar-refractivity contribution is -0.145. The number of ether oxygens (including phenoxy) is 1. The zero-order valence-corrected chi connectivity index (χ0v) is 13.5. The lowest BCUT2D eigenvalue weighted by atomic mass is 9.99. The van der Waals surface area contributed by atoms with Gasteiger partial charge in [0.1, 0.15) is 6.04 Å². The first-order valence-electron chi connectivity index (χ1n) is 7.11. The van der Waals surface area contributed by atoms with Crippen molar-refractivity contribution in [2.24, 2.45) is 0 Å². The van der Waals surface area contributed by atoms with Crippen LogP contribution in [0.4, 0.5) is 0 Å². The molecule has 2 rings (SSSR count). The van der Waals surface area contributed by atoms with E-state index in [4.69, 9.17) is 4.74 Å². The summed E-state index contributed by atoms with van der Waals surface area (Å²) in [5, 5.41) is 5.36. The normalized spacial score (nSPS) is 12.1. The smallest absolute Gasteiger partial charge is 0.327 e. The maximum Gasteiger partial charge on any atom is 0.327 e. The van der Waals surface area contributed by atoms with E-state index in [1.165, 1.54) is 4.88 Å². The third-order valence-corrected chi connectivity index (χ3v) is 4.20. The average molecular weight is 303 g/mol. The largest absolute Gasteiger partial charge is 0.465 e. The summed E-state index contributed by atoms with van der Waals surface area (Å²) in [5.41, 5.74) is 3.23. The molecule has 1 aromatic carbocycles. The number of aryl methyl sites for hydroxylation is 2. The second-order valence-electron chi connectivity index (χ2n) is 5.01. The van der Waals surface area contributed by atoms with E-state index in [0.717, 1.165) is 16.7 Å². The predicted molar refractivity (Wildman–Crippen MR) is 86.4 cm³/mol. The van der Waals surface area contributed by atoms with E-state index < -0.39 is 6.04 Å². The molecule has 0 amide bonds. The lowest BCUT2D eigenvalue weighted by Crippen LogP contribution is -2.30. The van der Waals surface area contributed by atoms with Gasteiger partial charge in [0, 0.05) is 11.4 Å². The fourth-order valence-electron chi connectivity index (χ4n) is 2.23. The molecule has 0 saturated heterocycles. The van der Waals surface area contributed by atoms with E-state index in [-0.39, 0.29) is 5.97 Å². The Balaban J connectivity index is 2.22. The second kappa shape index (κ2) is 7.38. The van der Waals surface area contributed by atoms with Crippen LogP contribution in [0, 0.1) is 13.8 Å². The fourth-order valence-corrected chi connectivity index (χ4v) is 2.89. The van der Waals surface area contributed by atoms with Crippen molar-refractivity contribution in [3.63, 3.8) is 0 Å². The highest BCUT2D eigenvalue weighted by atomic mass is 32.1. The Labute approximate surface area is 130 Å². The number of thiophene rings is 1.